The van der Waals surface area contributed by atoms with Gasteiger partial charge in [-0.3, -0.25) is 0 Å². The molecule has 0 aliphatic rings. The molecule has 0 saturated heterocycles. The van der Waals surface area contributed by atoms with Gasteiger partial charge in [-0.05, 0) is 18.2 Å². The van der Waals surface area contributed by atoms with Gasteiger partial charge in [0.2, 0.25) is 0 Å². The maximum absolute atomic E-state index is 10.7. The van der Waals surface area contributed by atoms with Crippen molar-refractivity contribution in [3.05, 3.63) is 36.2 Å². The maximum atomic E-state index is 10.7. The number of hydrogen-bond acceptors (Lipinski definition) is 5. The van der Waals surface area contributed by atoms with Crippen LogP contribution in [0.2, 0.25) is 0 Å². The standard InChI is InChI=1S/C12H13N3O3/c1-15(2)9-5-3-4-8(6-9)13-12-14-10(7-18-12)11(16)17/h3-7H,1-2H3,(H,13,14)(H,16,17). The van der Waals surface area contributed by atoms with Gasteiger partial charge < -0.3 is 19.7 Å². The van der Waals surface area contributed by atoms with Gasteiger partial charge in [-0.1, -0.05) is 6.07 Å². The number of oxazole rings is 1. The van der Waals surface area contributed by atoms with Gasteiger partial charge in [0.1, 0.15) is 6.26 Å². The van der Waals surface area contributed by atoms with Crippen molar-refractivity contribution < 1.29 is 14.3 Å². The highest BCUT2D eigenvalue weighted by Gasteiger charge is 2.10. The molecule has 0 fully saturated rings. The minimum atomic E-state index is -1.12. The molecule has 94 valence electrons. The van der Waals surface area contributed by atoms with E-state index in [-0.39, 0.29) is 11.7 Å². The van der Waals surface area contributed by atoms with E-state index in [1.54, 1.807) is 0 Å². The average molecular weight is 247 g/mol. The van der Waals surface area contributed by atoms with Crippen molar-refractivity contribution in [3.8, 4) is 0 Å². The number of rotatable bonds is 4. The van der Waals surface area contributed by atoms with E-state index in [4.69, 9.17) is 9.52 Å². The molecular formula is C12H13N3O3. The molecule has 0 spiro atoms. The second-order valence-electron chi connectivity index (χ2n) is 3.91. The number of hydrogen-bond donors (Lipinski definition) is 2. The SMILES string of the molecule is CN(C)c1cccc(Nc2nc(C(=O)O)co2)c1. The number of carboxylic acids is 1. The van der Waals surface area contributed by atoms with Gasteiger partial charge in [0, 0.05) is 25.5 Å². The zero-order valence-corrected chi connectivity index (χ0v) is 10.0. The van der Waals surface area contributed by atoms with Crippen LogP contribution in [0.25, 0.3) is 0 Å². The number of benzene rings is 1. The summed E-state index contributed by atoms with van der Waals surface area (Å²) in [6.07, 6.45) is 1.10. The first kappa shape index (κ1) is 12.0. The van der Waals surface area contributed by atoms with Crippen molar-refractivity contribution in [2.24, 2.45) is 0 Å². The summed E-state index contributed by atoms with van der Waals surface area (Å²) in [7, 11) is 3.87. The number of aromatic nitrogens is 1. The van der Waals surface area contributed by atoms with E-state index in [1.807, 2.05) is 43.3 Å². The molecule has 0 amide bonds. The Hall–Kier alpha value is -2.50. The summed E-state index contributed by atoms with van der Waals surface area (Å²) in [4.78, 5) is 16.4. The Bertz CT molecular complexity index is 563. The highest BCUT2D eigenvalue weighted by molar-refractivity contribution is 5.85. The Labute approximate surface area is 104 Å². The van der Waals surface area contributed by atoms with E-state index in [2.05, 4.69) is 10.3 Å². The number of carboxylic acid groups (broad SMARTS) is 1. The summed E-state index contributed by atoms with van der Waals surface area (Å²) in [5, 5.41) is 11.6. The van der Waals surface area contributed by atoms with Crippen LogP contribution in [-0.2, 0) is 0 Å². The molecule has 0 radical (unpaired) electrons. The van der Waals surface area contributed by atoms with Crippen LogP contribution < -0.4 is 10.2 Å². The lowest BCUT2D eigenvalue weighted by Gasteiger charge is -2.13. The fraction of sp³-hybridized carbons (Fsp3) is 0.167. The van der Waals surface area contributed by atoms with Gasteiger partial charge >= 0.3 is 5.97 Å². The minimum Gasteiger partial charge on any atom is -0.476 e. The van der Waals surface area contributed by atoms with Crippen LogP contribution in [0, 0.1) is 0 Å². The third kappa shape index (κ3) is 2.60. The molecule has 1 aromatic carbocycles. The Balaban J connectivity index is 2.17. The van der Waals surface area contributed by atoms with Gasteiger partial charge in [0.25, 0.3) is 6.01 Å². The van der Waals surface area contributed by atoms with E-state index in [0.29, 0.717) is 0 Å². The number of anilines is 3. The number of aromatic carboxylic acids is 1. The van der Waals surface area contributed by atoms with Gasteiger partial charge in [-0.25, -0.2) is 4.79 Å². The minimum absolute atomic E-state index is 0.124. The van der Waals surface area contributed by atoms with E-state index in [9.17, 15) is 4.79 Å². The van der Waals surface area contributed by atoms with Crippen molar-refractivity contribution in [1.82, 2.24) is 4.98 Å². The smallest absolute Gasteiger partial charge is 0.357 e. The first-order chi connectivity index (χ1) is 8.56. The molecule has 0 unspecified atom stereocenters. The van der Waals surface area contributed by atoms with Crippen LogP contribution in [0.3, 0.4) is 0 Å². The zero-order valence-electron chi connectivity index (χ0n) is 10.0. The molecule has 6 nitrogen and oxygen atoms in total. The molecule has 2 N–H and O–H groups in total. The molecule has 2 rings (SSSR count). The first-order valence-corrected chi connectivity index (χ1v) is 5.29. The number of carbonyl (C=O) groups is 1. The number of nitrogens with zero attached hydrogens (tertiary/aromatic N) is 2. The third-order valence-corrected chi connectivity index (χ3v) is 2.34. The van der Waals surface area contributed by atoms with E-state index >= 15 is 0 Å². The Kier molecular flexibility index (Phi) is 3.18. The number of nitrogens with one attached hydrogen (secondary N) is 1. The van der Waals surface area contributed by atoms with Crippen LogP contribution in [0.1, 0.15) is 10.5 Å². The highest BCUT2D eigenvalue weighted by atomic mass is 16.4. The molecule has 1 aromatic heterocycles. The first-order valence-electron chi connectivity index (χ1n) is 5.29. The van der Waals surface area contributed by atoms with Crippen molar-refractivity contribution in [1.29, 1.82) is 0 Å². The van der Waals surface area contributed by atoms with Crippen molar-refractivity contribution in [2.75, 3.05) is 24.3 Å². The van der Waals surface area contributed by atoms with Crippen molar-refractivity contribution >= 4 is 23.4 Å². The Morgan fingerprint density at radius 1 is 1.44 bits per heavy atom. The van der Waals surface area contributed by atoms with Crippen LogP contribution in [0.4, 0.5) is 17.4 Å². The van der Waals surface area contributed by atoms with Crippen LogP contribution >= 0.6 is 0 Å². The molecule has 0 aliphatic carbocycles. The second kappa shape index (κ2) is 4.79. The second-order valence-corrected chi connectivity index (χ2v) is 3.91. The maximum Gasteiger partial charge on any atom is 0.357 e. The largest absolute Gasteiger partial charge is 0.476 e. The molecule has 0 bridgehead atoms. The van der Waals surface area contributed by atoms with Crippen molar-refractivity contribution in [2.45, 2.75) is 0 Å². The lowest BCUT2D eigenvalue weighted by atomic mass is 10.2. The summed E-state index contributed by atoms with van der Waals surface area (Å²) >= 11 is 0. The normalized spacial score (nSPS) is 10.1. The monoisotopic (exact) mass is 247 g/mol. The predicted molar refractivity (Wildman–Crippen MR) is 67.5 cm³/mol. The molecule has 0 atom stereocenters. The fourth-order valence-corrected chi connectivity index (χ4v) is 1.41. The lowest BCUT2D eigenvalue weighted by Crippen LogP contribution is -2.08. The summed E-state index contributed by atoms with van der Waals surface area (Å²) in [5.74, 6) is -1.12. The average Bonchev–Trinajstić information content (AvgIpc) is 2.78. The van der Waals surface area contributed by atoms with Gasteiger partial charge in [-0.2, -0.15) is 4.98 Å². The van der Waals surface area contributed by atoms with E-state index < -0.39 is 5.97 Å². The quantitative estimate of drug-likeness (QED) is 0.862. The van der Waals surface area contributed by atoms with Gasteiger partial charge in [0.05, 0.1) is 0 Å². The highest BCUT2D eigenvalue weighted by Crippen LogP contribution is 2.21. The summed E-state index contributed by atoms with van der Waals surface area (Å²) in [6.45, 7) is 0. The summed E-state index contributed by atoms with van der Waals surface area (Å²) in [6, 6.07) is 7.76. The van der Waals surface area contributed by atoms with Crippen LogP contribution in [0.5, 0.6) is 0 Å². The molecule has 0 aliphatic heterocycles. The summed E-state index contributed by atoms with van der Waals surface area (Å²) < 4.78 is 5.01. The van der Waals surface area contributed by atoms with E-state index in [0.717, 1.165) is 17.6 Å². The molecule has 0 saturated carbocycles. The Morgan fingerprint density at radius 2 is 2.22 bits per heavy atom. The predicted octanol–water partition coefficient (Wildman–Crippen LogP) is 2.18. The topological polar surface area (TPSA) is 78.6 Å². The fourth-order valence-electron chi connectivity index (χ4n) is 1.41. The molecule has 1 heterocycles. The molecule has 6 heteroatoms. The van der Waals surface area contributed by atoms with Crippen molar-refractivity contribution in [3.63, 3.8) is 0 Å². The summed E-state index contributed by atoms with van der Waals surface area (Å²) in [5.41, 5.74) is 1.67. The van der Waals surface area contributed by atoms with E-state index in [1.165, 1.54) is 0 Å². The van der Waals surface area contributed by atoms with Crippen LogP contribution in [0.15, 0.2) is 34.9 Å². The zero-order chi connectivity index (χ0) is 13.1. The lowest BCUT2D eigenvalue weighted by molar-refractivity contribution is 0.0690. The van der Waals surface area contributed by atoms with Crippen LogP contribution in [-0.4, -0.2) is 30.2 Å². The molecule has 2 aromatic rings. The third-order valence-electron chi connectivity index (χ3n) is 2.34. The molecular weight excluding hydrogens is 234 g/mol. The van der Waals surface area contributed by atoms with Gasteiger partial charge in [-0.15, -0.1) is 0 Å². The molecule has 18 heavy (non-hydrogen) atoms. The Morgan fingerprint density at radius 3 is 2.83 bits per heavy atom. The van der Waals surface area contributed by atoms with Gasteiger partial charge in [0.15, 0.2) is 5.69 Å².